The van der Waals surface area contributed by atoms with E-state index in [9.17, 15) is 9.59 Å². The maximum absolute atomic E-state index is 12.1. The first-order valence-corrected chi connectivity index (χ1v) is 9.10. The quantitative estimate of drug-likeness (QED) is 0.788. The Kier molecular flexibility index (Phi) is 7.05. The zero-order valence-corrected chi connectivity index (χ0v) is 15.8. The van der Waals surface area contributed by atoms with Gasteiger partial charge in [-0.05, 0) is 37.6 Å². The van der Waals surface area contributed by atoms with Gasteiger partial charge in [-0.3, -0.25) is 9.69 Å². The lowest BCUT2D eigenvalue weighted by atomic mass is 10.2. The second-order valence-electron chi connectivity index (χ2n) is 5.95. The topological polar surface area (TPSA) is 63.1 Å². The Morgan fingerprint density at radius 1 is 1.33 bits per heavy atom. The minimum absolute atomic E-state index is 0.0250. The van der Waals surface area contributed by atoms with Gasteiger partial charge in [-0.25, -0.2) is 4.79 Å². The van der Waals surface area contributed by atoms with E-state index in [1.807, 2.05) is 32.0 Å². The van der Waals surface area contributed by atoms with Crippen molar-refractivity contribution in [2.75, 3.05) is 44.6 Å². The largest absolute Gasteiger partial charge is 0.450 e. The number of ether oxygens (including phenoxy) is 1. The molecule has 0 aliphatic carbocycles. The Balaban J connectivity index is 1.71. The monoisotopic (exact) mass is 398 g/mol. The Bertz CT molecular complexity index is 586. The smallest absolute Gasteiger partial charge is 0.410 e. The molecule has 7 heteroatoms. The van der Waals surface area contributed by atoms with Crippen LogP contribution in [0, 0.1) is 6.92 Å². The highest BCUT2D eigenvalue weighted by molar-refractivity contribution is 9.10. The van der Waals surface area contributed by atoms with Gasteiger partial charge in [0.2, 0.25) is 5.91 Å². The van der Waals surface area contributed by atoms with E-state index in [-0.39, 0.29) is 12.0 Å². The third-order valence-electron chi connectivity index (χ3n) is 4.14. The Hall–Kier alpha value is -1.60. The molecule has 1 aliphatic rings. The van der Waals surface area contributed by atoms with Crippen molar-refractivity contribution in [1.82, 2.24) is 4.90 Å². The van der Waals surface area contributed by atoms with Gasteiger partial charge in [0.25, 0.3) is 0 Å². The molecule has 132 valence electrons. The molecule has 0 radical (unpaired) electrons. The van der Waals surface area contributed by atoms with Crippen LogP contribution in [-0.4, -0.2) is 56.2 Å². The van der Waals surface area contributed by atoms with Crippen molar-refractivity contribution in [1.29, 1.82) is 0 Å². The molecule has 2 N–H and O–H groups in total. The summed E-state index contributed by atoms with van der Waals surface area (Å²) < 4.78 is 6.04. The molecule has 0 saturated carbocycles. The molecule has 0 atom stereocenters. The molecule has 0 spiro atoms. The van der Waals surface area contributed by atoms with E-state index in [2.05, 4.69) is 21.2 Å². The molecule has 1 aromatic carbocycles. The van der Waals surface area contributed by atoms with Gasteiger partial charge >= 0.3 is 6.09 Å². The molecule has 1 heterocycles. The molecule has 2 amide bonds. The average Bonchev–Trinajstić information content (AvgIpc) is 2.57. The lowest BCUT2D eigenvalue weighted by molar-refractivity contribution is -0.903. The van der Waals surface area contributed by atoms with Crippen molar-refractivity contribution in [2.24, 2.45) is 0 Å². The summed E-state index contributed by atoms with van der Waals surface area (Å²) in [5.74, 6) is 0.0250. The molecule has 24 heavy (non-hydrogen) atoms. The number of halogens is 1. The van der Waals surface area contributed by atoms with Crippen LogP contribution < -0.4 is 10.2 Å². The van der Waals surface area contributed by atoms with E-state index in [4.69, 9.17) is 4.74 Å². The zero-order chi connectivity index (χ0) is 17.5. The maximum Gasteiger partial charge on any atom is 0.410 e. The number of anilines is 1. The van der Waals surface area contributed by atoms with Gasteiger partial charge in [0.1, 0.15) is 0 Å². The third kappa shape index (κ3) is 5.49. The van der Waals surface area contributed by atoms with Crippen molar-refractivity contribution >= 4 is 33.6 Å². The fraction of sp³-hybridized carbons (Fsp3) is 0.529. The third-order valence-corrected chi connectivity index (χ3v) is 5.03. The molecule has 1 saturated heterocycles. The van der Waals surface area contributed by atoms with Crippen LogP contribution in [0.5, 0.6) is 0 Å². The van der Waals surface area contributed by atoms with Crippen LogP contribution in [0.1, 0.15) is 18.9 Å². The van der Waals surface area contributed by atoms with Crippen molar-refractivity contribution in [3.63, 3.8) is 0 Å². The fourth-order valence-electron chi connectivity index (χ4n) is 2.71. The van der Waals surface area contributed by atoms with Crippen LogP contribution in [0.4, 0.5) is 10.5 Å². The molecule has 0 unspecified atom stereocenters. The van der Waals surface area contributed by atoms with Gasteiger partial charge in [-0.2, -0.15) is 0 Å². The number of amides is 2. The van der Waals surface area contributed by atoms with E-state index in [0.717, 1.165) is 35.4 Å². The predicted octanol–water partition coefficient (Wildman–Crippen LogP) is 1.44. The molecule has 0 bridgehead atoms. The van der Waals surface area contributed by atoms with Crippen LogP contribution in [0.25, 0.3) is 0 Å². The Morgan fingerprint density at radius 3 is 2.67 bits per heavy atom. The number of rotatable bonds is 5. The van der Waals surface area contributed by atoms with Gasteiger partial charge in [-0.15, -0.1) is 0 Å². The van der Waals surface area contributed by atoms with Crippen LogP contribution in [0.2, 0.25) is 0 Å². The number of aryl methyl sites for hydroxylation is 1. The van der Waals surface area contributed by atoms with Crippen molar-refractivity contribution in [3.8, 4) is 0 Å². The molecular formula is C17H25BrN3O3+. The van der Waals surface area contributed by atoms with E-state index >= 15 is 0 Å². The summed E-state index contributed by atoms with van der Waals surface area (Å²) >= 11 is 3.45. The van der Waals surface area contributed by atoms with Gasteiger partial charge in [0.15, 0.2) is 0 Å². The molecular weight excluding hydrogens is 374 g/mol. The molecule has 0 aromatic heterocycles. The number of carbonyl (C=O) groups excluding carboxylic acids is 2. The number of hydrogen-bond donors (Lipinski definition) is 2. The number of carbonyl (C=O) groups is 2. The number of nitrogens with one attached hydrogen (secondary N) is 2. The van der Waals surface area contributed by atoms with Crippen LogP contribution >= 0.6 is 15.9 Å². The predicted molar refractivity (Wildman–Crippen MR) is 96.3 cm³/mol. The Labute approximate surface area is 151 Å². The first-order valence-electron chi connectivity index (χ1n) is 8.31. The fourth-order valence-corrected chi connectivity index (χ4v) is 2.95. The van der Waals surface area contributed by atoms with Crippen molar-refractivity contribution < 1.29 is 19.2 Å². The number of quaternary nitrogens is 1. The second-order valence-corrected chi connectivity index (χ2v) is 6.80. The highest BCUT2D eigenvalue weighted by atomic mass is 79.9. The van der Waals surface area contributed by atoms with E-state index in [0.29, 0.717) is 26.1 Å². The maximum atomic E-state index is 12.1. The summed E-state index contributed by atoms with van der Waals surface area (Å²) in [5, 5.41) is 2.94. The van der Waals surface area contributed by atoms with Gasteiger partial charge in [0, 0.05) is 10.2 Å². The lowest BCUT2D eigenvalue weighted by Gasteiger charge is -2.31. The molecule has 1 fully saturated rings. The van der Waals surface area contributed by atoms with Crippen molar-refractivity contribution in [2.45, 2.75) is 20.3 Å². The van der Waals surface area contributed by atoms with Crippen LogP contribution in [0.15, 0.2) is 22.7 Å². The lowest BCUT2D eigenvalue weighted by Crippen LogP contribution is -3.15. The molecule has 1 aliphatic heterocycles. The van der Waals surface area contributed by atoms with Crippen LogP contribution in [0.3, 0.4) is 0 Å². The molecule has 1 aromatic rings. The summed E-state index contributed by atoms with van der Waals surface area (Å²) in [5.41, 5.74) is 1.91. The first-order chi connectivity index (χ1) is 11.5. The second kappa shape index (κ2) is 9.03. The number of nitrogens with zero attached hydrogens (tertiary/aromatic N) is 1. The number of piperazine rings is 1. The Morgan fingerprint density at radius 2 is 2.04 bits per heavy atom. The SMILES string of the molecule is CCOC(=O)N1CC[NH+](CCC(=O)Nc2ccc(Br)c(C)c2)CC1. The minimum Gasteiger partial charge on any atom is -0.450 e. The van der Waals surface area contributed by atoms with E-state index in [1.165, 1.54) is 4.90 Å². The molecule has 6 nitrogen and oxygen atoms in total. The highest BCUT2D eigenvalue weighted by Crippen LogP contribution is 2.19. The standard InChI is InChI=1S/C17H24BrN3O3/c1-3-24-17(23)21-10-8-20(9-11-21)7-6-16(22)19-14-4-5-15(18)13(2)12-14/h4-5,12H,3,6-11H2,1-2H3,(H,19,22)/p+1. The molecule has 2 rings (SSSR count). The van der Waals surface area contributed by atoms with Gasteiger partial charge < -0.3 is 15.0 Å². The van der Waals surface area contributed by atoms with Gasteiger partial charge in [0.05, 0.1) is 45.8 Å². The van der Waals surface area contributed by atoms with Crippen molar-refractivity contribution in [3.05, 3.63) is 28.2 Å². The first kappa shape index (κ1) is 18.7. The van der Waals surface area contributed by atoms with Gasteiger partial charge in [-0.1, -0.05) is 15.9 Å². The average molecular weight is 399 g/mol. The number of hydrogen-bond acceptors (Lipinski definition) is 3. The zero-order valence-electron chi connectivity index (χ0n) is 14.2. The summed E-state index contributed by atoms with van der Waals surface area (Å²) in [7, 11) is 0. The highest BCUT2D eigenvalue weighted by Gasteiger charge is 2.24. The summed E-state index contributed by atoms with van der Waals surface area (Å²) in [4.78, 5) is 26.8. The number of benzene rings is 1. The van der Waals surface area contributed by atoms with E-state index in [1.54, 1.807) is 4.90 Å². The summed E-state index contributed by atoms with van der Waals surface area (Å²) in [6.07, 6.45) is 0.240. The minimum atomic E-state index is -0.236. The normalized spacial score (nSPS) is 15.2. The summed E-state index contributed by atoms with van der Waals surface area (Å²) in [6, 6.07) is 5.78. The summed E-state index contributed by atoms with van der Waals surface area (Å²) in [6.45, 7) is 8.05. The van der Waals surface area contributed by atoms with Crippen LogP contribution in [-0.2, 0) is 9.53 Å². The van der Waals surface area contributed by atoms with E-state index < -0.39 is 0 Å².